The number of phenols is 1. The third-order valence-corrected chi connectivity index (χ3v) is 1.86. The Balaban J connectivity index is 2.60. The number of aromatic hydroxyl groups is 1. The third kappa shape index (κ3) is 3.06. The topological polar surface area (TPSA) is 77.8 Å². The molecular formula is C10H12O4. The van der Waals surface area contributed by atoms with Gasteiger partial charge < -0.3 is 15.3 Å². The number of hydrogen-bond acceptors (Lipinski definition) is 3. The summed E-state index contributed by atoms with van der Waals surface area (Å²) in [5.41, 5.74) is 0.557. The Hall–Kier alpha value is -1.55. The standard InChI is InChI=1S/C10H12O4/c11-8(6-10(13)14)5-7-3-1-2-4-9(7)12/h1-4,8,11-12H,5-6H2,(H,13,14). The molecule has 1 aromatic rings. The molecule has 3 N–H and O–H groups in total. The van der Waals surface area contributed by atoms with Crippen LogP contribution in [0.15, 0.2) is 24.3 Å². The molecule has 0 amide bonds. The van der Waals surface area contributed by atoms with Crippen LogP contribution < -0.4 is 0 Å². The van der Waals surface area contributed by atoms with Gasteiger partial charge in [-0.3, -0.25) is 4.79 Å². The van der Waals surface area contributed by atoms with E-state index >= 15 is 0 Å². The molecular weight excluding hydrogens is 184 g/mol. The smallest absolute Gasteiger partial charge is 0.305 e. The summed E-state index contributed by atoms with van der Waals surface area (Å²) in [5.74, 6) is -0.968. The second-order valence-corrected chi connectivity index (χ2v) is 3.08. The summed E-state index contributed by atoms with van der Waals surface area (Å²) < 4.78 is 0. The largest absolute Gasteiger partial charge is 0.508 e. The Kier molecular flexibility index (Phi) is 3.48. The zero-order valence-electron chi connectivity index (χ0n) is 7.55. The van der Waals surface area contributed by atoms with Gasteiger partial charge in [-0.15, -0.1) is 0 Å². The molecule has 76 valence electrons. The lowest BCUT2D eigenvalue weighted by atomic mass is 10.1. The Morgan fingerprint density at radius 3 is 2.57 bits per heavy atom. The van der Waals surface area contributed by atoms with E-state index in [1.54, 1.807) is 18.2 Å². The molecule has 0 heterocycles. The second-order valence-electron chi connectivity index (χ2n) is 3.08. The van der Waals surface area contributed by atoms with Gasteiger partial charge in [-0.2, -0.15) is 0 Å². The summed E-state index contributed by atoms with van der Waals surface area (Å²) in [5, 5.41) is 27.0. The highest BCUT2D eigenvalue weighted by molar-refractivity contribution is 5.67. The van der Waals surface area contributed by atoms with Gasteiger partial charge in [0.25, 0.3) is 0 Å². The number of aliphatic hydroxyl groups excluding tert-OH is 1. The Morgan fingerprint density at radius 2 is 2.00 bits per heavy atom. The van der Waals surface area contributed by atoms with Crippen LogP contribution in [-0.2, 0) is 11.2 Å². The van der Waals surface area contributed by atoms with Crippen LogP contribution in [0.2, 0.25) is 0 Å². The van der Waals surface area contributed by atoms with E-state index in [0.29, 0.717) is 5.56 Å². The molecule has 0 saturated heterocycles. The number of carboxylic acid groups (broad SMARTS) is 1. The summed E-state index contributed by atoms with van der Waals surface area (Å²) in [6.07, 6.45) is -1.12. The van der Waals surface area contributed by atoms with E-state index in [9.17, 15) is 15.0 Å². The summed E-state index contributed by atoms with van der Waals surface area (Å²) in [6.45, 7) is 0. The maximum Gasteiger partial charge on any atom is 0.305 e. The van der Waals surface area contributed by atoms with Gasteiger partial charge in [-0.05, 0) is 11.6 Å². The number of carboxylic acids is 1. The highest BCUT2D eigenvalue weighted by Crippen LogP contribution is 2.17. The van der Waals surface area contributed by atoms with Crippen LogP contribution in [-0.4, -0.2) is 27.4 Å². The lowest BCUT2D eigenvalue weighted by Gasteiger charge is -2.08. The normalized spacial score (nSPS) is 12.4. The zero-order valence-corrected chi connectivity index (χ0v) is 7.55. The van der Waals surface area contributed by atoms with Crippen molar-refractivity contribution in [3.05, 3.63) is 29.8 Å². The first kappa shape index (κ1) is 10.5. The van der Waals surface area contributed by atoms with Gasteiger partial charge >= 0.3 is 5.97 Å². The van der Waals surface area contributed by atoms with Crippen LogP contribution in [0.5, 0.6) is 5.75 Å². The minimum atomic E-state index is -1.05. The van der Waals surface area contributed by atoms with Crippen LogP contribution in [0.4, 0.5) is 0 Å². The Morgan fingerprint density at radius 1 is 1.36 bits per heavy atom. The van der Waals surface area contributed by atoms with E-state index in [4.69, 9.17) is 5.11 Å². The summed E-state index contributed by atoms with van der Waals surface area (Å²) in [7, 11) is 0. The number of para-hydroxylation sites is 1. The number of hydrogen-bond donors (Lipinski definition) is 3. The maximum absolute atomic E-state index is 10.3. The lowest BCUT2D eigenvalue weighted by molar-refractivity contribution is -0.139. The van der Waals surface area contributed by atoms with Crippen molar-refractivity contribution in [1.29, 1.82) is 0 Å². The van der Waals surface area contributed by atoms with Crippen molar-refractivity contribution in [1.82, 2.24) is 0 Å². The molecule has 1 unspecified atom stereocenters. The highest BCUT2D eigenvalue weighted by atomic mass is 16.4. The fourth-order valence-electron chi connectivity index (χ4n) is 1.21. The van der Waals surface area contributed by atoms with Crippen molar-refractivity contribution < 1.29 is 20.1 Å². The van der Waals surface area contributed by atoms with Crippen LogP contribution in [0.3, 0.4) is 0 Å². The number of aliphatic hydroxyl groups is 1. The molecule has 14 heavy (non-hydrogen) atoms. The number of benzene rings is 1. The van der Waals surface area contributed by atoms with Crippen LogP contribution in [0.25, 0.3) is 0 Å². The minimum Gasteiger partial charge on any atom is -0.508 e. The van der Waals surface area contributed by atoms with Crippen molar-refractivity contribution >= 4 is 5.97 Å². The molecule has 0 bridgehead atoms. The first-order valence-electron chi connectivity index (χ1n) is 4.26. The van der Waals surface area contributed by atoms with Crippen molar-refractivity contribution in [3.8, 4) is 5.75 Å². The maximum atomic E-state index is 10.3. The van der Waals surface area contributed by atoms with Crippen LogP contribution in [0, 0.1) is 0 Å². The van der Waals surface area contributed by atoms with E-state index in [0.717, 1.165) is 0 Å². The average Bonchev–Trinajstić information content (AvgIpc) is 2.07. The van der Waals surface area contributed by atoms with Gasteiger partial charge in [0.15, 0.2) is 0 Å². The quantitative estimate of drug-likeness (QED) is 0.664. The molecule has 0 fully saturated rings. The zero-order chi connectivity index (χ0) is 10.6. The first-order valence-corrected chi connectivity index (χ1v) is 4.26. The molecule has 0 spiro atoms. The fraction of sp³-hybridized carbons (Fsp3) is 0.300. The van der Waals surface area contributed by atoms with Gasteiger partial charge in [-0.1, -0.05) is 18.2 Å². The molecule has 0 aliphatic carbocycles. The van der Waals surface area contributed by atoms with Gasteiger partial charge in [0.05, 0.1) is 12.5 Å². The van der Waals surface area contributed by atoms with Crippen molar-refractivity contribution in [2.24, 2.45) is 0 Å². The van der Waals surface area contributed by atoms with Gasteiger partial charge in [0.2, 0.25) is 0 Å². The first-order chi connectivity index (χ1) is 6.59. The van der Waals surface area contributed by atoms with Gasteiger partial charge in [-0.25, -0.2) is 0 Å². The van der Waals surface area contributed by atoms with E-state index in [-0.39, 0.29) is 18.6 Å². The van der Waals surface area contributed by atoms with E-state index < -0.39 is 12.1 Å². The highest BCUT2D eigenvalue weighted by Gasteiger charge is 2.11. The number of aliphatic carboxylic acids is 1. The lowest BCUT2D eigenvalue weighted by Crippen LogP contribution is -2.15. The predicted octanol–water partition coefficient (Wildman–Crippen LogP) is 0.770. The Bertz CT molecular complexity index is 322. The molecule has 1 aromatic carbocycles. The van der Waals surface area contributed by atoms with E-state index in [2.05, 4.69) is 0 Å². The van der Waals surface area contributed by atoms with Gasteiger partial charge in [0.1, 0.15) is 5.75 Å². The van der Waals surface area contributed by atoms with Crippen molar-refractivity contribution in [3.63, 3.8) is 0 Å². The molecule has 4 nitrogen and oxygen atoms in total. The summed E-state index contributed by atoms with van der Waals surface area (Å²) in [6, 6.07) is 6.55. The Labute approximate surface area is 81.4 Å². The van der Waals surface area contributed by atoms with Crippen molar-refractivity contribution in [2.45, 2.75) is 18.9 Å². The third-order valence-electron chi connectivity index (χ3n) is 1.86. The fourth-order valence-corrected chi connectivity index (χ4v) is 1.21. The predicted molar refractivity (Wildman–Crippen MR) is 50.1 cm³/mol. The number of phenolic OH excluding ortho intramolecular Hbond substituents is 1. The van der Waals surface area contributed by atoms with Crippen LogP contribution >= 0.6 is 0 Å². The summed E-state index contributed by atoms with van der Waals surface area (Å²) >= 11 is 0. The number of rotatable bonds is 4. The molecule has 0 saturated carbocycles. The van der Waals surface area contributed by atoms with E-state index in [1.165, 1.54) is 6.07 Å². The van der Waals surface area contributed by atoms with Crippen molar-refractivity contribution in [2.75, 3.05) is 0 Å². The molecule has 0 aliphatic rings. The SMILES string of the molecule is O=C(O)CC(O)Cc1ccccc1O. The second kappa shape index (κ2) is 4.62. The van der Waals surface area contributed by atoms with Crippen LogP contribution in [0.1, 0.15) is 12.0 Å². The molecule has 4 heteroatoms. The molecule has 0 aliphatic heterocycles. The molecule has 0 radical (unpaired) electrons. The number of carbonyl (C=O) groups is 1. The van der Waals surface area contributed by atoms with E-state index in [1.807, 2.05) is 0 Å². The minimum absolute atomic E-state index is 0.0805. The van der Waals surface area contributed by atoms with Gasteiger partial charge in [0, 0.05) is 6.42 Å². The molecule has 1 rings (SSSR count). The monoisotopic (exact) mass is 196 g/mol. The molecule has 0 aromatic heterocycles. The average molecular weight is 196 g/mol. The summed E-state index contributed by atoms with van der Waals surface area (Å²) in [4.78, 5) is 10.3. The molecule has 1 atom stereocenters.